The number of methoxy groups -OCH3 is 1. The second kappa shape index (κ2) is 6.57. The highest BCUT2D eigenvalue weighted by atomic mass is 16.5. The van der Waals surface area contributed by atoms with Crippen molar-refractivity contribution in [3.8, 4) is 5.75 Å². The summed E-state index contributed by atoms with van der Waals surface area (Å²) in [5.74, 6) is 1.64. The summed E-state index contributed by atoms with van der Waals surface area (Å²) < 4.78 is 5.24. The van der Waals surface area contributed by atoms with E-state index in [4.69, 9.17) is 4.74 Å². The molecule has 0 radical (unpaired) electrons. The maximum Gasteiger partial charge on any atom is 0.221 e. The first kappa shape index (κ1) is 13.9. The van der Waals surface area contributed by atoms with Gasteiger partial charge in [0.25, 0.3) is 0 Å². The number of hydrogen-bond acceptors (Lipinski definition) is 3. The minimum Gasteiger partial charge on any atom is -0.497 e. The van der Waals surface area contributed by atoms with Gasteiger partial charge in [0.2, 0.25) is 5.91 Å². The standard InChI is InChI=1S/C15H22N2O2/c1-16-15(18)6-7-17-13-8-12(9-13)11-4-3-5-14(10-11)19-2/h3-5,10,12-13,17H,6-9H2,1-2H3,(H,16,18). The van der Waals surface area contributed by atoms with Gasteiger partial charge in [-0.25, -0.2) is 0 Å². The molecule has 2 rings (SSSR count). The largest absolute Gasteiger partial charge is 0.497 e. The molecule has 0 aromatic heterocycles. The number of hydrogen-bond donors (Lipinski definition) is 2. The Morgan fingerprint density at radius 3 is 2.89 bits per heavy atom. The van der Waals surface area contributed by atoms with Crippen LogP contribution in [0.1, 0.15) is 30.7 Å². The first-order chi connectivity index (χ1) is 9.22. The summed E-state index contributed by atoms with van der Waals surface area (Å²) >= 11 is 0. The predicted octanol–water partition coefficient (Wildman–Crippen LogP) is 1.67. The van der Waals surface area contributed by atoms with E-state index < -0.39 is 0 Å². The molecule has 0 spiro atoms. The summed E-state index contributed by atoms with van der Waals surface area (Å²) in [7, 11) is 3.37. The Hall–Kier alpha value is -1.55. The summed E-state index contributed by atoms with van der Waals surface area (Å²) in [6.07, 6.45) is 2.83. The average molecular weight is 262 g/mol. The van der Waals surface area contributed by atoms with Crippen molar-refractivity contribution in [2.45, 2.75) is 31.2 Å². The SMILES string of the molecule is CNC(=O)CCNC1CC(c2cccc(OC)c2)C1. The first-order valence-electron chi connectivity index (χ1n) is 6.81. The highest BCUT2D eigenvalue weighted by Crippen LogP contribution is 2.37. The zero-order valence-electron chi connectivity index (χ0n) is 11.6. The molecule has 1 saturated carbocycles. The topological polar surface area (TPSA) is 50.4 Å². The molecule has 1 aliphatic carbocycles. The van der Waals surface area contributed by atoms with Crippen LogP contribution in [0.3, 0.4) is 0 Å². The number of ether oxygens (including phenoxy) is 1. The molecule has 1 amide bonds. The highest BCUT2D eigenvalue weighted by molar-refractivity contribution is 5.75. The van der Waals surface area contributed by atoms with E-state index in [-0.39, 0.29) is 5.91 Å². The molecular formula is C15H22N2O2. The summed E-state index contributed by atoms with van der Waals surface area (Å²) in [5, 5.41) is 6.05. The minimum absolute atomic E-state index is 0.0937. The third-order valence-electron chi connectivity index (χ3n) is 3.77. The van der Waals surface area contributed by atoms with Crippen LogP contribution in [0, 0.1) is 0 Å². The van der Waals surface area contributed by atoms with Crippen LogP contribution in [-0.2, 0) is 4.79 Å². The van der Waals surface area contributed by atoms with E-state index in [1.165, 1.54) is 5.56 Å². The van der Waals surface area contributed by atoms with Crippen LogP contribution in [0.2, 0.25) is 0 Å². The number of amides is 1. The fourth-order valence-corrected chi connectivity index (χ4v) is 2.47. The number of carbonyl (C=O) groups is 1. The number of nitrogens with one attached hydrogen (secondary N) is 2. The maximum absolute atomic E-state index is 11.1. The summed E-state index contributed by atoms with van der Waals surface area (Å²) in [4.78, 5) is 11.1. The van der Waals surface area contributed by atoms with E-state index in [1.807, 2.05) is 12.1 Å². The van der Waals surface area contributed by atoms with E-state index in [9.17, 15) is 4.79 Å². The van der Waals surface area contributed by atoms with Crippen molar-refractivity contribution in [3.05, 3.63) is 29.8 Å². The molecule has 4 heteroatoms. The van der Waals surface area contributed by atoms with Gasteiger partial charge in [0.15, 0.2) is 0 Å². The van der Waals surface area contributed by atoms with Crippen molar-refractivity contribution in [2.75, 3.05) is 20.7 Å². The molecule has 0 atom stereocenters. The van der Waals surface area contributed by atoms with E-state index in [1.54, 1.807) is 14.2 Å². The predicted molar refractivity (Wildman–Crippen MR) is 75.4 cm³/mol. The van der Waals surface area contributed by atoms with Gasteiger partial charge in [-0.15, -0.1) is 0 Å². The van der Waals surface area contributed by atoms with E-state index >= 15 is 0 Å². The zero-order chi connectivity index (χ0) is 13.7. The molecule has 0 unspecified atom stereocenters. The lowest BCUT2D eigenvalue weighted by Crippen LogP contribution is -2.41. The number of rotatable bonds is 6. The van der Waals surface area contributed by atoms with Crippen LogP contribution in [0.15, 0.2) is 24.3 Å². The molecular weight excluding hydrogens is 240 g/mol. The Morgan fingerprint density at radius 1 is 1.42 bits per heavy atom. The van der Waals surface area contributed by atoms with Crippen molar-refractivity contribution < 1.29 is 9.53 Å². The van der Waals surface area contributed by atoms with Crippen molar-refractivity contribution in [1.82, 2.24) is 10.6 Å². The highest BCUT2D eigenvalue weighted by Gasteiger charge is 2.29. The molecule has 0 heterocycles. The summed E-state index contributed by atoms with van der Waals surface area (Å²) in [6, 6.07) is 8.84. The Labute approximate surface area is 114 Å². The number of benzene rings is 1. The van der Waals surface area contributed by atoms with Crippen LogP contribution in [0.5, 0.6) is 5.75 Å². The average Bonchev–Trinajstić information content (AvgIpc) is 2.41. The van der Waals surface area contributed by atoms with Crippen molar-refractivity contribution in [2.24, 2.45) is 0 Å². The van der Waals surface area contributed by atoms with Crippen LogP contribution < -0.4 is 15.4 Å². The van der Waals surface area contributed by atoms with Crippen molar-refractivity contribution >= 4 is 5.91 Å². The van der Waals surface area contributed by atoms with Gasteiger partial charge in [-0.1, -0.05) is 12.1 Å². The van der Waals surface area contributed by atoms with Crippen LogP contribution in [-0.4, -0.2) is 32.7 Å². The van der Waals surface area contributed by atoms with Crippen molar-refractivity contribution in [3.63, 3.8) is 0 Å². The minimum atomic E-state index is 0.0937. The Kier molecular flexibility index (Phi) is 4.80. The summed E-state index contributed by atoms with van der Waals surface area (Å²) in [6.45, 7) is 0.759. The fraction of sp³-hybridized carbons (Fsp3) is 0.533. The molecule has 104 valence electrons. The zero-order valence-corrected chi connectivity index (χ0v) is 11.6. The molecule has 0 saturated heterocycles. The molecule has 0 aliphatic heterocycles. The quantitative estimate of drug-likeness (QED) is 0.820. The first-order valence-corrected chi connectivity index (χ1v) is 6.81. The van der Waals surface area contributed by atoms with E-state index in [0.717, 1.165) is 25.1 Å². The third kappa shape index (κ3) is 3.70. The fourth-order valence-electron chi connectivity index (χ4n) is 2.47. The van der Waals surface area contributed by atoms with Gasteiger partial charge < -0.3 is 15.4 Å². The second-order valence-electron chi connectivity index (χ2n) is 5.02. The van der Waals surface area contributed by atoms with Gasteiger partial charge in [-0.2, -0.15) is 0 Å². The number of carbonyl (C=O) groups excluding carboxylic acids is 1. The molecule has 0 bridgehead atoms. The lowest BCUT2D eigenvalue weighted by molar-refractivity contribution is -0.120. The van der Waals surface area contributed by atoms with Crippen LogP contribution >= 0.6 is 0 Å². The molecule has 4 nitrogen and oxygen atoms in total. The summed E-state index contributed by atoms with van der Waals surface area (Å²) in [5.41, 5.74) is 1.35. The van der Waals surface area contributed by atoms with Crippen molar-refractivity contribution in [1.29, 1.82) is 0 Å². The lowest BCUT2D eigenvalue weighted by Gasteiger charge is -2.36. The van der Waals surface area contributed by atoms with Gasteiger partial charge in [-0.3, -0.25) is 4.79 Å². The maximum atomic E-state index is 11.1. The van der Waals surface area contributed by atoms with Gasteiger partial charge in [0.1, 0.15) is 5.75 Å². The van der Waals surface area contributed by atoms with Gasteiger partial charge in [0, 0.05) is 26.1 Å². The Balaban J connectivity index is 1.72. The van der Waals surface area contributed by atoms with E-state index in [0.29, 0.717) is 18.4 Å². The van der Waals surface area contributed by atoms with Crippen LogP contribution in [0.25, 0.3) is 0 Å². The Morgan fingerprint density at radius 2 is 2.21 bits per heavy atom. The molecule has 1 aliphatic rings. The lowest BCUT2D eigenvalue weighted by atomic mass is 9.76. The molecule has 2 N–H and O–H groups in total. The van der Waals surface area contributed by atoms with Crippen LogP contribution in [0.4, 0.5) is 0 Å². The second-order valence-corrected chi connectivity index (χ2v) is 5.02. The van der Waals surface area contributed by atoms with Gasteiger partial charge in [0.05, 0.1) is 7.11 Å². The monoisotopic (exact) mass is 262 g/mol. The smallest absolute Gasteiger partial charge is 0.221 e. The molecule has 1 fully saturated rings. The molecule has 1 aromatic rings. The molecule has 19 heavy (non-hydrogen) atoms. The van der Waals surface area contributed by atoms with Gasteiger partial charge in [-0.05, 0) is 36.5 Å². The van der Waals surface area contributed by atoms with E-state index in [2.05, 4.69) is 22.8 Å². The Bertz CT molecular complexity index is 428. The normalized spacial score (nSPS) is 21.6. The molecule has 1 aromatic carbocycles. The van der Waals surface area contributed by atoms with Gasteiger partial charge >= 0.3 is 0 Å². The third-order valence-corrected chi connectivity index (χ3v) is 3.77.